The fourth-order valence-corrected chi connectivity index (χ4v) is 3.80. The molecule has 37 heavy (non-hydrogen) atoms. The Bertz CT molecular complexity index is 1430. The number of phenolic OH excluding ortho intramolecular Hbond substituents is 1. The Morgan fingerprint density at radius 1 is 1.08 bits per heavy atom. The van der Waals surface area contributed by atoms with Gasteiger partial charge in [-0.1, -0.05) is 19.1 Å². The van der Waals surface area contributed by atoms with Gasteiger partial charge in [-0.15, -0.1) is 0 Å². The quantitative estimate of drug-likeness (QED) is 0.311. The topological polar surface area (TPSA) is 114 Å². The first-order chi connectivity index (χ1) is 17.9. The lowest BCUT2D eigenvalue weighted by atomic mass is 9.96. The number of methoxy groups -OCH3 is 1. The zero-order valence-electron chi connectivity index (χ0n) is 20.3. The van der Waals surface area contributed by atoms with Crippen LogP contribution >= 0.6 is 0 Å². The van der Waals surface area contributed by atoms with Crippen molar-refractivity contribution in [2.75, 3.05) is 19.1 Å². The number of aromatic nitrogens is 3. The predicted octanol–water partition coefficient (Wildman–Crippen LogP) is 5.00. The number of pyridine rings is 1. The van der Waals surface area contributed by atoms with Crippen LogP contribution in [0.5, 0.6) is 11.5 Å². The monoisotopic (exact) mass is 500 g/mol. The molecular formula is C28H25FN4O4. The van der Waals surface area contributed by atoms with E-state index in [2.05, 4.69) is 22.2 Å². The molecule has 2 heterocycles. The van der Waals surface area contributed by atoms with Crippen molar-refractivity contribution in [3.05, 3.63) is 95.7 Å². The van der Waals surface area contributed by atoms with Gasteiger partial charge in [-0.3, -0.25) is 19.6 Å². The molecule has 2 N–H and O–H groups in total. The third-order valence-electron chi connectivity index (χ3n) is 5.82. The molecule has 0 unspecified atom stereocenters. The zero-order valence-corrected chi connectivity index (χ0v) is 20.3. The molecule has 8 nitrogen and oxygen atoms in total. The second-order valence-electron chi connectivity index (χ2n) is 8.46. The Hall–Kier alpha value is -4.66. The lowest BCUT2D eigenvalue weighted by molar-refractivity contribution is 0.0951. The van der Waals surface area contributed by atoms with Crippen molar-refractivity contribution in [3.8, 4) is 22.8 Å². The van der Waals surface area contributed by atoms with Gasteiger partial charge in [0, 0.05) is 23.6 Å². The zero-order chi connectivity index (χ0) is 26.4. The number of phenols is 1. The Balaban J connectivity index is 1.45. The van der Waals surface area contributed by atoms with Crippen molar-refractivity contribution in [2.24, 2.45) is 0 Å². The lowest BCUT2D eigenvalue weighted by Crippen LogP contribution is -2.13. The maximum absolute atomic E-state index is 12.6. The summed E-state index contributed by atoms with van der Waals surface area (Å²) in [5, 5.41) is 12.7. The second-order valence-corrected chi connectivity index (χ2v) is 8.46. The number of hydrogen-bond acceptors (Lipinski definition) is 7. The van der Waals surface area contributed by atoms with Crippen molar-refractivity contribution in [1.82, 2.24) is 15.0 Å². The van der Waals surface area contributed by atoms with E-state index in [1.165, 1.54) is 25.4 Å². The number of carbonyl (C=O) groups excluding carboxylic acids is 2. The molecule has 4 rings (SSSR count). The first kappa shape index (κ1) is 25.4. The number of Topliss-reactive ketones (excluding diaryl/α,β-unsaturated/α-hetero) is 1. The summed E-state index contributed by atoms with van der Waals surface area (Å²) in [6.45, 7) is 0.925. The van der Waals surface area contributed by atoms with Crippen LogP contribution in [0.25, 0.3) is 11.3 Å². The Morgan fingerprint density at radius 2 is 1.92 bits per heavy atom. The van der Waals surface area contributed by atoms with E-state index in [4.69, 9.17) is 9.72 Å². The molecule has 1 atom stereocenters. The van der Waals surface area contributed by atoms with Crippen LogP contribution in [-0.4, -0.2) is 45.5 Å². The number of nitrogens with zero attached hydrogens (tertiary/aromatic N) is 3. The van der Waals surface area contributed by atoms with Gasteiger partial charge in [0.1, 0.15) is 5.69 Å². The molecule has 9 heteroatoms. The van der Waals surface area contributed by atoms with Gasteiger partial charge in [-0.05, 0) is 60.4 Å². The summed E-state index contributed by atoms with van der Waals surface area (Å²) in [5.41, 5.74) is 4.07. The molecular weight excluding hydrogens is 475 g/mol. The summed E-state index contributed by atoms with van der Waals surface area (Å²) < 4.78 is 17.7. The summed E-state index contributed by atoms with van der Waals surface area (Å²) in [4.78, 5) is 36.9. The fourth-order valence-electron chi connectivity index (χ4n) is 3.80. The standard InChI is InChI=1S/C28H25FN4O4/c1-17(10-22-15-30-16-24(32-22)19-7-9-25(34)27(12-19)37-2)18-4-3-5-21(11-18)33-28(36)20-6-8-23(31-14-20)26(35)13-29/h3-9,11-12,14-17,34H,10,13H2,1-2H3,(H,33,36)/t17-/m1/s1. The predicted molar refractivity (Wildman–Crippen MR) is 137 cm³/mol. The van der Waals surface area contributed by atoms with E-state index in [9.17, 15) is 19.1 Å². The van der Waals surface area contributed by atoms with Crippen LogP contribution in [0.15, 0.2) is 73.2 Å². The Labute approximate surface area is 213 Å². The first-order valence-electron chi connectivity index (χ1n) is 11.5. The minimum absolute atomic E-state index is 0.0217. The number of aromatic hydroxyl groups is 1. The highest BCUT2D eigenvalue weighted by Gasteiger charge is 2.14. The van der Waals surface area contributed by atoms with Gasteiger partial charge in [-0.2, -0.15) is 0 Å². The Kier molecular flexibility index (Phi) is 7.83. The SMILES string of the molecule is COc1cc(-c2cncc(C[C@@H](C)c3cccc(NC(=O)c4ccc(C(=O)CF)nc4)c3)n2)ccc1O. The van der Waals surface area contributed by atoms with E-state index in [-0.39, 0.29) is 28.8 Å². The third kappa shape index (κ3) is 6.13. The van der Waals surface area contributed by atoms with Crippen LogP contribution in [0.4, 0.5) is 10.1 Å². The normalized spacial score (nSPS) is 11.5. The molecule has 0 aliphatic rings. The first-order valence-corrected chi connectivity index (χ1v) is 11.5. The summed E-state index contributed by atoms with van der Waals surface area (Å²) >= 11 is 0. The highest BCUT2D eigenvalue weighted by molar-refractivity contribution is 6.04. The number of ketones is 1. The molecule has 0 bridgehead atoms. The highest BCUT2D eigenvalue weighted by atomic mass is 19.1. The number of carbonyl (C=O) groups is 2. The van der Waals surface area contributed by atoms with E-state index in [1.54, 1.807) is 36.7 Å². The van der Waals surface area contributed by atoms with Gasteiger partial charge in [0.05, 0.1) is 30.3 Å². The van der Waals surface area contributed by atoms with Crippen molar-refractivity contribution in [2.45, 2.75) is 19.3 Å². The molecule has 4 aromatic rings. The molecule has 0 saturated heterocycles. The minimum Gasteiger partial charge on any atom is -0.504 e. The lowest BCUT2D eigenvalue weighted by Gasteiger charge is -2.14. The third-order valence-corrected chi connectivity index (χ3v) is 5.82. The van der Waals surface area contributed by atoms with Crippen molar-refractivity contribution in [1.29, 1.82) is 0 Å². The molecule has 0 fully saturated rings. The summed E-state index contributed by atoms with van der Waals surface area (Å²) in [6, 6.07) is 15.3. The molecule has 0 spiro atoms. The smallest absolute Gasteiger partial charge is 0.257 e. The number of halogens is 1. The summed E-state index contributed by atoms with van der Waals surface area (Å²) in [7, 11) is 1.49. The van der Waals surface area contributed by atoms with Crippen LogP contribution in [0.3, 0.4) is 0 Å². The fraction of sp³-hybridized carbons (Fsp3) is 0.179. The van der Waals surface area contributed by atoms with Gasteiger partial charge < -0.3 is 15.2 Å². The average Bonchev–Trinajstić information content (AvgIpc) is 2.93. The van der Waals surface area contributed by atoms with Gasteiger partial charge in [-0.25, -0.2) is 9.37 Å². The molecule has 1 amide bonds. The molecule has 2 aromatic heterocycles. The van der Waals surface area contributed by atoms with Gasteiger partial charge in [0.25, 0.3) is 5.91 Å². The van der Waals surface area contributed by atoms with Crippen molar-refractivity contribution < 1.29 is 23.8 Å². The van der Waals surface area contributed by atoms with Crippen LogP contribution in [0, 0.1) is 0 Å². The molecule has 0 radical (unpaired) electrons. The van der Waals surface area contributed by atoms with Crippen molar-refractivity contribution >= 4 is 17.4 Å². The maximum atomic E-state index is 12.6. The van der Waals surface area contributed by atoms with Gasteiger partial charge in [0.15, 0.2) is 18.2 Å². The number of hydrogen-bond donors (Lipinski definition) is 2. The highest BCUT2D eigenvalue weighted by Crippen LogP contribution is 2.31. The number of nitrogens with one attached hydrogen (secondary N) is 1. The van der Waals surface area contributed by atoms with E-state index < -0.39 is 12.5 Å². The van der Waals surface area contributed by atoms with Crippen LogP contribution in [-0.2, 0) is 6.42 Å². The van der Waals surface area contributed by atoms with Gasteiger partial charge in [0.2, 0.25) is 5.78 Å². The number of ether oxygens (including phenoxy) is 1. The average molecular weight is 501 g/mol. The molecule has 0 saturated carbocycles. The summed E-state index contributed by atoms with van der Waals surface area (Å²) in [5.74, 6) is -0.637. The number of benzene rings is 2. The van der Waals surface area contributed by atoms with E-state index in [1.807, 2.05) is 18.2 Å². The second kappa shape index (κ2) is 11.4. The number of alkyl halides is 1. The largest absolute Gasteiger partial charge is 0.504 e. The maximum Gasteiger partial charge on any atom is 0.257 e. The van der Waals surface area contributed by atoms with E-state index in [0.29, 0.717) is 23.6 Å². The number of anilines is 1. The van der Waals surface area contributed by atoms with Crippen LogP contribution in [0.1, 0.15) is 44.9 Å². The van der Waals surface area contributed by atoms with Crippen LogP contribution < -0.4 is 10.1 Å². The van der Waals surface area contributed by atoms with E-state index >= 15 is 0 Å². The molecule has 0 aliphatic carbocycles. The Morgan fingerprint density at radius 3 is 2.65 bits per heavy atom. The number of amides is 1. The molecule has 0 aliphatic heterocycles. The van der Waals surface area contributed by atoms with Crippen LogP contribution in [0.2, 0.25) is 0 Å². The molecule has 188 valence electrons. The number of rotatable bonds is 9. The van der Waals surface area contributed by atoms with Crippen molar-refractivity contribution in [3.63, 3.8) is 0 Å². The van der Waals surface area contributed by atoms with E-state index in [0.717, 1.165) is 16.8 Å². The minimum atomic E-state index is -1.13. The van der Waals surface area contributed by atoms with Gasteiger partial charge >= 0.3 is 0 Å². The molecule has 2 aromatic carbocycles. The summed E-state index contributed by atoms with van der Waals surface area (Å²) in [6.07, 6.45) is 5.24.